The highest BCUT2D eigenvalue weighted by Gasteiger charge is 2.37. The van der Waals surface area contributed by atoms with E-state index >= 15 is 0 Å². The first kappa shape index (κ1) is 16.6. The van der Waals surface area contributed by atoms with Crippen LogP contribution in [0.1, 0.15) is 36.0 Å². The zero-order valence-corrected chi connectivity index (χ0v) is 16.7. The van der Waals surface area contributed by atoms with Crippen molar-refractivity contribution in [3.63, 3.8) is 0 Å². The van der Waals surface area contributed by atoms with E-state index in [-0.39, 0.29) is 5.04 Å². The fraction of sp³-hybridized carbons (Fsp3) is 0.217. The molecular weight excluding hydrogens is 340 g/mol. The third-order valence-electron chi connectivity index (χ3n) is 5.79. The molecule has 4 rings (SSSR count). The molecule has 2 aliphatic rings. The summed E-state index contributed by atoms with van der Waals surface area (Å²) < 4.78 is 0. The number of hydrogen-bond acceptors (Lipinski definition) is 0. The fourth-order valence-electron chi connectivity index (χ4n) is 4.11. The molecule has 0 amide bonds. The van der Waals surface area contributed by atoms with Crippen LogP contribution < -0.4 is 0 Å². The van der Waals surface area contributed by atoms with Crippen molar-refractivity contribution >= 4 is 31.6 Å². The Morgan fingerprint density at radius 1 is 1.00 bits per heavy atom. The number of fused-ring (bicyclic) bond motifs is 1. The van der Waals surface area contributed by atoms with Gasteiger partial charge < -0.3 is 0 Å². The lowest BCUT2D eigenvalue weighted by atomic mass is 9.78. The van der Waals surface area contributed by atoms with Crippen LogP contribution in [0.4, 0.5) is 0 Å². The highest BCUT2D eigenvalue weighted by atomic mass is 35.6. The minimum absolute atomic E-state index is 0.145. The standard InChI is InChI=1S/C23H23ClSi/c1-17-15-20(18-7-3-2-4-8-18)13-14-23(17,25-24)16-21-12-11-19-9-5-6-10-22(19)21/h2-15,17,21H,16,25H2,1H3. The molecule has 2 aromatic rings. The van der Waals surface area contributed by atoms with Gasteiger partial charge in [0.2, 0.25) is 0 Å². The average Bonchev–Trinajstić information content (AvgIpc) is 3.07. The number of rotatable bonds is 4. The van der Waals surface area contributed by atoms with E-state index in [0.717, 1.165) is 6.42 Å². The van der Waals surface area contributed by atoms with Crippen LogP contribution in [0.3, 0.4) is 0 Å². The van der Waals surface area contributed by atoms with Crippen molar-refractivity contribution in [2.24, 2.45) is 5.92 Å². The first-order valence-electron chi connectivity index (χ1n) is 9.01. The van der Waals surface area contributed by atoms with Crippen LogP contribution in [0.25, 0.3) is 11.6 Å². The summed E-state index contributed by atoms with van der Waals surface area (Å²) in [4.78, 5) is 0. The van der Waals surface area contributed by atoms with Crippen LogP contribution in [0.2, 0.25) is 5.04 Å². The molecular formula is C23H23ClSi. The average molecular weight is 363 g/mol. The highest BCUT2D eigenvalue weighted by Crippen LogP contribution is 2.51. The Labute approximate surface area is 157 Å². The summed E-state index contributed by atoms with van der Waals surface area (Å²) >= 11 is 6.67. The second kappa shape index (κ2) is 6.82. The van der Waals surface area contributed by atoms with Crippen LogP contribution >= 0.6 is 11.1 Å². The van der Waals surface area contributed by atoms with Crippen molar-refractivity contribution in [3.05, 3.63) is 95.6 Å². The lowest BCUT2D eigenvalue weighted by molar-refractivity contribution is 0.475. The Kier molecular flexibility index (Phi) is 4.53. The molecule has 3 atom stereocenters. The van der Waals surface area contributed by atoms with Crippen LogP contribution in [0.5, 0.6) is 0 Å². The number of benzene rings is 2. The monoisotopic (exact) mass is 362 g/mol. The molecule has 0 aliphatic heterocycles. The molecule has 2 heteroatoms. The van der Waals surface area contributed by atoms with Crippen molar-refractivity contribution in [1.29, 1.82) is 0 Å². The largest absolute Gasteiger partial charge is 0.175 e. The zero-order chi connectivity index (χ0) is 17.3. The van der Waals surface area contributed by atoms with Crippen molar-refractivity contribution in [2.75, 3.05) is 0 Å². The van der Waals surface area contributed by atoms with Crippen molar-refractivity contribution in [1.82, 2.24) is 0 Å². The van der Waals surface area contributed by atoms with E-state index in [1.54, 1.807) is 0 Å². The summed E-state index contributed by atoms with van der Waals surface area (Å²) in [5.74, 6) is 0.958. The molecule has 2 aliphatic carbocycles. The Morgan fingerprint density at radius 2 is 1.76 bits per heavy atom. The molecule has 0 aromatic heterocycles. The fourth-order valence-corrected chi connectivity index (χ4v) is 6.42. The van der Waals surface area contributed by atoms with Gasteiger partial charge in [0.25, 0.3) is 0 Å². The molecule has 3 unspecified atom stereocenters. The van der Waals surface area contributed by atoms with Gasteiger partial charge in [0, 0.05) is 5.92 Å². The predicted octanol–water partition coefficient (Wildman–Crippen LogP) is 5.96. The van der Waals surface area contributed by atoms with Gasteiger partial charge in [-0.15, -0.1) is 0 Å². The van der Waals surface area contributed by atoms with Crippen molar-refractivity contribution in [3.8, 4) is 0 Å². The van der Waals surface area contributed by atoms with Crippen LogP contribution in [-0.2, 0) is 0 Å². The van der Waals surface area contributed by atoms with E-state index < -0.39 is 8.83 Å². The molecule has 0 saturated carbocycles. The molecule has 0 spiro atoms. The van der Waals surface area contributed by atoms with E-state index in [0.29, 0.717) is 11.8 Å². The number of hydrogen-bond donors (Lipinski definition) is 0. The Bertz CT molecular complexity index is 849. The summed E-state index contributed by atoms with van der Waals surface area (Å²) in [6, 6.07) is 19.4. The summed E-state index contributed by atoms with van der Waals surface area (Å²) in [6.45, 7) is 2.34. The maximum Gasteiger partial charge on any atom is 0.135 e. The second-order valence-electron chi connectivity index (χ2n) is 7.28. The summed E-state index contributed by atoms with van der Waals surface area (Å²) in [5, 5.41) is 0.145. The summed E-state index contributed by atoms with van der Waals surface area (Å²) in [5.41, 5.74) is 5.44. The first-order valence-corrected chi connectivity index (χ1v) is 11.9. The molecule has 0 fully saturated rings. The van der Waals surface area contributed by atoms with E-state index in [2.05, 4.69) is 91.9 Å². The highest BCUT2D eigenvalue weighted by molar-refractivity contribution is 6.95. The van der Waals surface area contributed by atoms with Gasteiger partial charge in [0.1, 0.15) is 8.83 Å². The molecule has 0 saturated heterocycles. The zero-order valence-electron chi connectivity index (χ0n) is 14.5. The Morgan fingerprint density at radius 3 is 2.52 bits per heavy atom. The van der Waals surface area contributed by atoms with Gasteiger partial charge in [-0.05, 0) is 39.6 Å². The minimum atomic E-state index is -0.715. The van der Waals surface area contributed by atoms with Crippen molar-refractivity contribution < 1.29 is 0 Å². The molecule has 0 heterocycles. The maximum absolute atomic E-state index is 6.67. The van der Waals surface area contributed by atoms with E-state index in [1.807, 2.05) is 0 Å². The smallest absolute Gasteiger partial charge is 0.135 e. The van der Waals surface area contributed by atoms with E-state index in [1.165, 1.54) is 22.3 Å². The molecule has 0 radical (unpaired) electrons. The third-order valence-corrected chi connectivity index (χ3v) is 8.95. The lowest BCUT2D eigenvalue weighted by Crippen LogP contribution is -2.26. The Hall–Kier alpha value is -1.83. The predicted molar refractivity (Wildman–Crippen MR) is 113 cm³/mol. The van der Waals surface area contributed by atoms with Gasteiger partial charge in [-0.25, -0.2) is 0 Å². The lowest BCUT2D eigenvalue weighted by Gasteiger charge is -2.38. The molecule has 0 nitrogen and oxygen atoms in total. The Balaban J connectivity index is 1.60. The maximum atomic E-state index is 6.67. The van der Waals surface area contributed by atoms with Crippen molar-refractivity contribution in [2.45, 2.75) is 24.3 Å². The third kappa shape index (κ3) is 3.07. The van der Waals surface area contributed by atoms with Crippen LogP contribution in [0.15, 0.2) is 78.9 Å². The van der Waals surface area contributed by atoms with Gasteiger partial charge >= 0.3 is 0 Å². The first-order chi connectivity index (χ1) is 12.2. The number of halogens is 1. The SMILES string of the molecule is CC1C=C(c2ccccc2)C=CC1(CC1C=Cc2ccccc21)[SiH2]Cl. The normalized spacial score (nSPS) is 27.7. The minimum Gasteiger partial charge on any atom is -0.175 e. The van der Waals surface area contributed by atoms with Gasteiger partial charge in [-0.3, -0.25) is 0 Å². The molecule has 0 bridgehead atoms. The van der Waals surface area contributed by atoms with Gasteiger partial charge in [0.15, 0.2) is 0 Å². The summed E-state index contributed by atoms with van der Waals surface area (Å²) in [6.07, 6.45) is 12.9. The summed E-state index contributed by atoms with van der Waals surface area (Å²) in [7, 11) is -0.715. The van der Waals surface area contributed by atoms with Gasteiger partial charge in [0.05, 0.1) is 0 Å². The molecule has 0 N–H and O–H groups in total. The van der Waals surface area contributed by atoms with E-state index in [9.17, 15) is 0 Å². The van der Waals surface area contributed by atoms with E-state index in [4.69, 9.17) is 11.1 Å². The molecule has 126 valence electrons. The molecule has 2 aromatic carbocycles. The molecule has 25 heavy (non-hydrogen) atoms. The van der Waals surface area contributed by atoms with Crippen LogP contribution in [-0.4, -0.2) is 8.83 Å². The second-order valence-corrected chi connectivity index (χ2v) is 9.66. The number of allylic oxidation sites excluding steroid dienone is 5. The van der Waals surface area contributed by atoms with Gasteiger partial charge in [-0.1, -0.05) is 91.9 Å². The van der Waals surface area contributed by atoms with Gasteiger partial charge in [-0.2, -0.15) is 11.1 Å². The van der Waals surface area contributed by atoms with Crippen LogP contribution in [0, 0.1) is 5.92 Å². The quantitative estimate of drug-likeness (QED) is 0.465. The topological polar surface area (TPSA) is 0 Å².